The molecule has 0 fully saturated rings. The summed E-state index contributed by atoms with van der Waals surface area (Å²) in [4.78, 5) is 11.7. The van der Waals surface area contributed by atoms with Crippen LogP contribution in [0.2, 0.25) is 5.02 Å². The molecule has 8 heteroatoms. The first-order valence-corrected chi connectivity index (χ1v) is 10.0. The second-order valence-corrected chi connectivity index (χ2v) is 6.89. The fraction of sp³-hybridized carbons (Fsp3) is 0.333. The topological polar surface area (TPSA) is 68.8 Å². The Morgan fingerprint density at radius 1 is 1.10 bits per heavy atom. The standard InChI is InChI=1S/C21H25ClN2O4S/c1-5-27-18-10-8-14(12-19(18)28-6-2)13(3)23-21(29)24-17-11-15(20(25)26-4)7-9-16(17)22/h7-13H,5-6H2,1-4H3,(H2,23,24,29)/t13-/m0/s1. The third-order valence-electron chi connectivity index (χ3n) is 4.05. The van der Waals surface area contributed by atoms with Crippen molar-refractivity contribution in [1.29, 1.82) is 0 Å². The number of carbonyl (C=O) groups excluding carboxylic acids is 1. The number of hydrogen-bond acceptors (Lipinski definition) is 5. The number of halogens is 1. The molecule has 0 aromatic heterocycles. The summed E-state index contributed by atoms with van der Waals surface area (Å²) in [5, 5.41) is 7.04. The molecule has 0 saturated heterocycles. The van der Waals surface area contributed by atoms with Gasteiger partial charge in [-0.2, -0.15) is 0 Å². The molecule has 0 heterocycles. The van der Waals surface area contributed by atoms with Crippen molar-refractivity contribution >= 4 is 40.6 Å². The molecule has 2 aromatic carbocycles. The third-order valence-corrected chi connectivity index (χ3v) is 4.60. The first kappa shape index (κ1) is 22.8. The Kier molecular flexibility index (Phi) is 8.54. The Bertz CT molecular complexity index is 876. The normalized spacial score (nSPS) is 11.3. The van der Waals surface area contributed by atoms with Gasteiger partial charge < -0.3 is 24.8 Å². The van der Waals surface area contributed by atoms with Gasteiger partial charge in [-0.15, -0.1) is 0 Å². The summed E-state index contributed by atoms with van der Waals surface area (Å²) in [5.41, 5.74) is 1.87. The van der Waals surface area contributed by atoms with E-state index in [0.717, 1.165) is 5.56 Å². The summed E-state index contributed by atoms with van der Waals surface area (Å²) in [6.45, 7) is 6.94. The van der Waals surface area contributed by atoms with E-state index in [-0.39, 0.29) is 6.04 Å². The fourth-order valence-corrected chi connectivity index (χ4v) is 3.09. The number of thiocarbonyl (C=S) groups is 1. The summed E-state index contributed by atoms with van der Waals surface area (Å²) in [5.74, 6) is 0.945. The van der Waals surface area contributed by atoms with E-state index in [1.54, 1.807) is 18.2 Å². The average molecular weight is 437 g/mol. The monoisotopic (exact) mass is 436 g/mol. The molecule has 0 aliphatic rings. The van der Waals surface area contributed by atoms with Gasteiger partial charge in [0.15, 0.2) is 16.6 Å². The second-order valence-electron chi connectivity index (χ2n) is 6.08. The smallest absolute Gasteiger partial charge is 0.337 e. The number of ether oxygens (including phenoxy) is 3. The highest BCUT2D eigenvalue weighted by atomic mass is 35.5. The summed E-state index contributed by atoms with van der Waals surface area (Å²) >= 11 is 11.6. The van der Waals surface area contributed by atoms with Crippen LogP contribution in [0.4, 0.5) is 5.69 Å². The molecule has 0 aliphatic carbocycles. The summed E-state index contributed by atoms with van der Waals surface area (Å²) in [6.07, 6.45) is 0. The molecule has 29 heavy (non-hydrogen) atoms. The SMILES string of the molecule is CCOc1ccc([C@H](C)NC(=S)Nc2cc(C(=O)OC)ccc2Cl)cc1OCC. The molecule has 0 bridgehead atoms. The van der Waals surface area contributed by atoms with Crippen LogP contribution in [0.1, 0.15) is 42.7 Å². The number of carbonyl (C=O) groups is 1. The number of methoxy groups -OCH3 is 1. The van der Waals surface area contributed by atoms with Crippen molar-refractivity contribution in [3.63, 3.8) is 0 Å². The highest BCUT2D eigenvalue weighted by Gasteiger charge is 2.14. The third kappa shape index (κ3) is 6.24. The van der Waals surface area contributed by atoms with E-state index in [2.05, 4.69) is 10.6 Å². The molecule has 2 N–H and O–H groups in total. The zero-order chi connectivity index (χ0) is 21.4. The number of rotatable bonds is 8. The van der Waals surface area contributed by atoms with Crippen molar-refractivity contribution < 1.29 is 19.0 Å². The second kappa shape index (κ2) is 10.9. The lowest BCUT2D eigenvalue weighted by molar-refractivity contribution is 0.0601. The van der Waals surface area contributed by atoms with E-state index in [1.165, 1.54) is 7.11 Å². The van der Waals surface area contributed by atoms with Gasteiger partial charge >= 0.3 is 5.97 Å². The van der Waals surface area contributed by atoms with Crippen LogP contribution in [0.15, 0.2) is 36.4 Å². The number of esters is 1. The van der Waals surface area contributed by atoms with Crippen molar-refractivity contribution in [3.05, 3.63) is 52.5 Å². The van der Waals surface area contributed by atoms with Gasteiger partial charge in [0.1, 0.15) is 0 Å². The molecule has 156 valence electrons. The van der Waals surface area contributed by atoms with Gasteiger partial charge in [-0.1, -0.05) is 17.7 Å². The van der Waals surface area contributed by atoms with Gasteiger partial charge in [-0.3, -0.25) is 0 Å². The van der Waals surface area contributed by atoms with Gasteiger partial charge in [0.2, 0.25) is 0 Å². The molecule has 0 saturated carbocycles. The molecule has 0 aliphatic heterocycles. The zero-order valence-electron chi connectivity index (χ0n) is 16.9. The number of nitrogens with one attached hydrogen (secondary N) is 2. The van der Waals surface area contributed by atoms with Crippen LogP contribution >= 0.6 is 23.8 Å². The maximum atomic E-state index is 11.7. The lowest BCUT2D eigenvalue weighted by Gasteiger charge is -2.20. The summed E-state index contributed by atoms with van der Waals surface area (Å²) < 4.78 is 16.0. The van der Waals surface area contributed by atoms with Crippen LogP contribution in [-0.4, -0.2) is 31.4 Å². The van der Waals surface area contributed by atoms with Gasteiger partial charge in [0.25, 0.3) is 0 Å². The fourth-order valence-electron chi connectivity index (χ4n) is 2.64. The van der Waals surface area contributed by atoms with Crippen LogP contribution in [0.25, 0.3) is 0 Å². The van der Waals surface area contributed by atoms with Crippen molar-refractivity contribution in [3.8, 4) is 11.5 Å². The molecule has 0 radical (unpaired) electrons. The predicted molar refractivity (Wildman–Crippen MR) is 119 cm³/mol. The van der Waals surface area contributed by atoms with Crippen molar-refractivity contribution in [2.24, 2.45) is 0 Å². The van der Waals surface area contributed by atoms with Crippen LogP contribution in [0.3, 0.4) is 0 Å². The van der Waals surface area contributed by atoms with Gasteiger partial charge in [0, 0.05) is 0 Å². The molecule has 0 unspecified atom stereocenters. The molecule has 6 nitrogen and oxygen atoms in total. The Balaban J connectivity index is 2.11. The van der Waals surface area contributed by atoms with Gasteiger partial charge in [-0.25, -0.2) is 4.79 Å². The zero-order valence-corrected chi connectivity index (χ0v) is 18.4. The van der Waals surface area contributed by atoms with Gasteiger partial charge in [-0.05, 0) is 68.9 Å². The molecule has 2 rings (SSSR count). The lowest BCUT2D eigenvalue weighted by atomic mass is 10.1. The maximum absolute atomic E-state index is 11.7. The van der Waals surface area contributed by atoms with Crippen molar-refractivity contribution in [1.82, 2.24) is 5.32 Å². The summed E-state index contributed by atoms with van der Waals surface area (Å²) in [6, 6.07) is 10.5. The van der Waals surface area contributed by atoms with Crippen molar-refractivity contribution in [2.75, 3.05) is 25.6 Å². The Labute approximate surface area is 181 Å². The van der Waals surface area contributed by atoms with E-state index in [1.807, 2.05) is 39.0 Å². The quantitative estimate of drug-likeness (QED) is 0.447. The Morgan fingerprint density at radius 3 is 2.45 bits per heavy atom. The van der Waals surface area contributed by atoms with Crippen LogP contribution in [0, 0.1) is 0 Å². The van der Waals surface area contributed by atoms with E-state index in [0.29, 0.717) is 46.1 Å². The van der Waals surface area contributed by atoms with E-state index >= 15 is 0 Å². The summed E-state index contributed by atoms with van der Waals surface area (Å²) in [7, 11) is 1.32. The largest absolute Gasteiger partial charge is 0.490 e. The van der Waals surface area contributed by atoms with Crippen LogP contribution in [0.5, 0.6) is 11.5 Å². The number of hydrogen-bond donors (Lipinski definition) is 2. The first-order chi connectivity index (χ1) is 13.9. The number of benzene rings is 2. The molecule has 1 atom stereocenters. The highest BCUT2D eigenvalue weighted by molar-refractivity contribution is 7.80. The highest BCUT2D eigenvalue weighted by Crippen LogP contribution is 2.31. The van der Waals surface area contributed by atoms with Crippen LogP contribution in [-0.2, 0) is 4.74 Å². The Morgan fingerprint density at radius 2 is 1.79 bits per heavy atom. The number of anilines is 1. The maximum Gasteiger partial charge on any atom is 0.337 e. The first-order valence-electron chi connectivity index (χ1n) is 9.24. The van der Waals surface area contributed by atoms with Gasteiger partial charge in [0.05, 0.1) is 42.6 Å². The molecule has 0 amide bonds. The Hall–Kier alpha value is -2.51. The van der Waals surface area contributed by atoms with E-state index in [9.17, 15) is 4.79 Å². The molecule has 0 spiro atoms. The molecular formula is C21H25ClN2O4S. The minimum atomic E-state index is -0.449. The minimum absolute atomic E-state index is 0.104. The van der Waals surface area contributed by atoms with E-state index in [4.69, 9.17) is 38.0 Å². The van der Waals surface area contributed by atoms with E-state index < -0.39 is 5.97 Å². The predicted octanol–water partition coefficient (Wildman–Crippen LogP) is 4.97. The molecular weight excluding hydrogens is 412 g/mol. The van der Waals surface area contributed by atoms with Crippen LogP contribution < -0.4 is 20.1 Å². The lowest BCUT2D eigenvalue weighted by Crippen LogP contribution is -2.31. The van der Waals surface area contributed by atoms with Crippen molar-refractivity contribution in [2.45, 2.75) is 26.8 Å². The average Bonchev–Trinajstić information content (AvgIpc) is 2.70. The minimum Gasteiger partial charge on any atom is -0.490 e. The molecule has 2 aromatic rings.